The zero-order valence-electron chi connectivity index (χ0n) is 23.2. The standard InChI is InChI=1S/C30H25F4N3O4S/c1-15-6-7-20(13-26(15)42(5,38)39)19-8-9-25(37-14-16(2)35-17(37)3)22(10-19)27-28(40-18(4)36-27)21-11-23(31)29(24(32)12-21)41-30(33)34/h6-14,30H,1-5H3. The van der Waals surface area contributed by atoms with Gasteiger partial charge in [0.1, 0.15) is 11.5 Å². The Balaban J connectivity index is 1.76. The van der Waals surface area contributed by atoms with E-state index in [1.54, 1.807) is 44.2 Å². The molecule has 42 heavy (non-hydrogen) atoms. The fourth-order valence-electron chi connectivity index (χ4n) is 4.85. The third kappa shape index (κ3) is 5.54. The Morgan fingerprint density at radius 2 is 1.52 bits per heavy atom. The van der Waals surface area contributed by atoms with Crippen LogP contribution in [0.4, 0.5) is 17.6 Å². The molecular formula is C30H25F4N3O4S. The van der Waals surface area contributed by atoms with E-state index in [2.05, 4.69) is 14.7 Å². The second-order valence-electron chi connectivity index (χ2n) is 9.84. The highest BCUT2D eigenvalue weighted by Gasteiger charge is 2.24. The van der Waals surface area contributed by atoms with E-state index in [0.29, 0.717) is 33.8 Å². The molecular weight excluding hydrogens is 574 g/mol. The lowest BCUT2D eigenvalue weighted by Crippen LogP contribution is -2.06. The minimum atomic E-state index is -3.51. The number of alkyl halides is 2. The van der Waals surface area contributed by atoms with Crippen LogP contribution in [0.1, 0.15) is 23.0 Å². The molecule has 0 fully saturated rings. The second kappa shape index (κ2) is 10.8. The average molecular weight is 600 g/mol. The van der Waals surface area contributed by atoms with Crippen LogP contribution in [0.25, 0.3) is 39.4 Å². The molecule has 2 aromatic heterocycles. The highest BCUT2D eigenvalue weighted by Crippen LogP contribution is 2.40. The molecule has 0 aliphatic rings. The smallest absolute Gasteiger partial charge is 0.387 e. The molecule has 0 saturated carbocycles. The summed E-state index contributed by atoms with van der Waals surface area (Å²) in [6.45, 7) is 3.49. The number of aromatic nitrogens is 3. The first-order valence-corrected chi connectivity index (χ1v) is 14.5. The number of hydrogen-bond donors (Lipinski definition) is 0. The summed E-state index contributed by atoms with van der Waals surface area (Å²) in [5.41, 5.74) is 3.81. The number of imidazole rings is 1. The molecule has 0 aliphatic carbocycles. The molecule has 0 unspecified atom stereocenters. The molecule has 0 spiro atoms. The van der Waals surface area contributed by atoms with Crippen molar-refractivity contribution in [2.75, 3.05) is 6.26 Å². The topological polar surface area (TPSA) is 87.2 Å². The van der Waals surface area contributed by atoms with Crippen LogP contribution < -0.4 is 4.74 Å². The zero-order chi connectivity index (χ0) is 30.5. The number of halogens is 4. The Kier molecular flexibility index (Phi) is 7.44. The predicted molar refractivity (Wildman–Crippen MR) is 149 cm³/mol. The molecule has 5 aromatic rings. The van der Waals surface area contributed by atoms with Gasteiger partial charge in [0.2, 0.25) is 0 Å². The van der Waals surface area contributed by atoms with Crippen molar-refractivity contribution in [3.05, 3.63) is 89.3 Å². The summed E-state index contributed by atoms with van der Waals surface area (Å²) >= 11 is 0. The van der Waals surface area contributed by atoms with E-state index in [-0.39, 0.29) is 27.8 Å². The van der Waals surface area contributed by atoms with E-state index >= 15 is 0 Å². The molecule has 218 valence electrons. The first-order valence-electron chi connectivity index (χ1n) is 12.6. The predicted octanol–water partition coefficient (Wildman–Crippen LogP) is 7.38. The van der Waals surface area contributed by atoms with Gasteiger partial charge in [-0.25, -0.2) is 27.2 Å². The van der Waals surface area contributed by atoms with Crippen molar-refractivity contribution in [2.24, 2.45) is 0 Å². The van der Waals surface area contributed by atoms with Crippen molar-refractivity contribution in [3.8, 4) is 45.1 Å². The normalized spacial score (nSPS) is 11.9. The van der Waals surface area contributed by atoms with Crippen LogP contribution in [0.3, 0.4) is 0 Å². The van der Waals surface area contributed by atoms with Crippen LogP contribution in [-0.4, -0.2) is 35.8 Å². The minimum Gasteiger partial charge on any atom is -0.440 e. The Bertz CT molecular complexity index is 1930. The van der Waals surface area contributed by atoms with Gasteiger partial charge >= 0.3 is 6.61 Å². The first-order chi connectivity index (χ1) is 19.7. The van der Waals surface area contributed by atoms with Gasteiger partial charge in [-0.1, -0.05) is 18.2 Å². The molecule has 2 heterocycles. The lowest BCUT2D eigenvalue weighted by atomic mass is 9.97. The van der Waals surface area contributed by atoms with Gasteiger partial charge in [0.15, 0.2) is 38.9 Å². The van der Waals surface area contributed by atoms with Gasteiger partial charge in [0.05, 0.1) is 16.3 Å². The third-order valence-corrected chi connectivity index (χ3v) is 7.88. The van der Waals surface area contributed by atoms with E-state index in [1.807, 2.05) is 30.7 Å². The number of rotatable bonds is 7. The maximum absolute atomic E-state index is 14.7. The maximum Gasteiger partial charge on any atom is 0.387 e. The van der Waals surface area contributed by atoms with Crippen LogP contribution in [0.5, 0.6) is 5.75 Å². The van der Waals surface area contributed by atoms with E-state index in [0.717, 1.165) is 24.1 Å². The molecule has 0 bridgehead atoms. The molecule has 3 aromatic carbocycles. The van der Waals surface area contributed by atoms with Crippen molar-refractivity contribution in [1.29, 1.82) is 0 Å². The van der Waals surface area contributed by atoms with Gasteiger partial charge in [-0.2, -0.15) is 8.78 Å². The number of sulfone groups is 1. The summed E-state index contributed by atoms with van der Waals surface area (Å²) in [7, 11) is -3.51. The van der Waals surface area contributed by atoms with E-state index in [4.69, 9.17) is 4.42 Å². The van der Waals surface area contributed by atoms with Crippen molar-refractivity contribution in [2.45, 2.75) is 39.2 Å². The second-order valence-corrected chi connectivity index (χ2v) is 11.8. The van der Waals surface area contributed by atoms with Crippen molar-refractivity contribution in [3.63, 3.8) is 0 Å². The number of hydrogen-bond acceptors (Lipinski definition) is 6. The van der Waals surface area contributed by atoms with Crippen molar-refractivity contribution >= 4 is 9.84 Å². The Morgan fingerprint density at radius 3 is 2.12 bits per heavy atom. The molecule has 0 N–H and O–H groups in total. The molecule has 0 saturated heterocycles. The third-order valence-electron chi connectivity index (χ3n) is 6.64. The quantitative estimate of drug-likeness (QED) is 0.182. The monoisotopic (exact) mass is 599 g/mol. The van der Waals surface area contributed by atoms with Crippen LogP contribution in [0, 0.1) is 39.3 Å². The van der Waals surface area contributed by atoms with Gasteiger partial charge in [-0.3, -0.25) is 0 Å². The van der Waals surface area contributed by atoms with Crippen LogP contribution in [-0.2, 0) is 9.84 Å². The summed E-state index contributed by atoms with van der Waals surface area (Å²) in [5, 5.41) is 0. The van der Waals surface area contributed by atoms with Gasteiger partial charge in [-0.15, -0.1) is 0 Å². The Hall–Kier alpha value is -4.45. The number of nitrogens with zero attached hydrogens (tertiary/aromatic N) is 3. The summed E-state index contributed by atoms with van der Waals surface area (Å²) in [4.78, 5) is 9.18. The van der Waals surface area contributed by atoms with Crippen molar-refractivity contribution in [1.82, 2.24) is 14.5 Å². The number of ether oxygens (including phenoxy) is 1. The molecule has 5 rings (SSSR count). The van der Waals surface area contributed by atoms with Gasteiger partial charge in [0.25, 0.3) is 0 Å². The largest absolute Gasteiger partial charge is 0.440 e. The molecule has 0 aliphatic heterocycles. The minimum absolute atomic E-state index is 0.0116. The highest BCUT2D eigenvalue weighted by molar-refractivity contribution is 7.90. The zero-order valence-corrected chi connectivity index (χ0v) is 24.0. The molecule has 7 nitrogen and oxygen atoms in total. The molecule has 0 amide bonds. The van der Waals surface area contributed by atoms with Gasteiger partial charge in [0, 0.05) is 30.5 Å². The lowest BCUT2D eigenvalue weighted by Gasteiger charge is -2.15. The molecule has 12 heteroatoms. The molecule has 0 radical (unpaired) electrons. The summed E-state index contributed by atoms with van der Waals surface area (Å²) < 4.78 is 91.3. The number of oxazole rings is 1. The summed E-state index contributed by atoms with van der Waals surface area (Å²) in [6, 6.07) is 12.1. The van der Waals surface area contributed by atoms with Gasteiger partial charge < -0.3 is 13.7 Å². The van der Waals surface area contributed by atoms with Gasteiger partial charge in [-0.05, 0) is 67.8 Å². The first kappa shape index (κ1) is 29.1. The fourth-order valence-corrected chi connectivity index (χ4v) is 5.85. The van der Waals surface area contributed by atoms with E-state index < -0.39 is 33.8 Å². The van der Waals surface area contributed by atoms with E-state index in [1.165, 1.54) is 0 Å². The fraction of sp³-hybridized carbons (Fsp3) is 0.200. The summed E-state index contributed by atoms with van der Waals surface area (Å²) in [5.74, 6) is -3.06. The highest BCUT2D eigenvalue weighted by atomic mass is 32.2. The van der Waals surface area contributed by atoms with Crippen LogP contribution in [0.2, 0.25) is 0 Å². The Morgan fingerprint density at radius 1 is 0.881 bits per heavy atom. The summed E-state index contributed by atoms with van der Waals surface area (Å²) in [6.07, 6.45) is 2.95. The number of benzene rings is 3. The molecule has 0 atom stereocenters. The Labute approximate surface area is 239 Å². The lowest BCUT2D eigenvalue weighted by molar-refractivity contribution is -0.0546. The number of aryl methyl sites for hydroxylation is 4. The van der Waals surface area contributed by atoms with Crippen molar-refractivity contribution < 1.29 is 35.1 Å². The average Bonchev–Trinajstić information content (AvgIpc) is 3.46. The van der Waals surface area contributed by atoms with E-state index in [9.17, 15) is 26.0 Å². The van der Waals surface area contributed by atoms with Crippen LogP contribution >= 0.6 is 0 Å². The SMILES string of the molecule is Cc1cn(-c2ccc(-c3ccc(C)c(S(C)(=O)=O)c3)cc2-c2nc(C)oc2-c2cc(F)c(OC(F)F)c(F)c2)c(C)n1. The van der Waals surface area contributed by atoms with Crippen LogP contribution in [0.15, 0.2) is 64.0 Å². The maximum atomic E-state index is 14.7.